The molecule has 0 aliphatic heterocycles. The van der Waals surface area contributed by atoms with Crippen molar-refractivity contribution in [2.24, 2.45) is 0 Å². The van der Waals surface area contributed by atoms with Gasteiger partial charge < -0.3 is 15.0 Å². The Bertz CT molecular complexity index is 341. The van der Waals surface area contributed by atoms with Crippen LogP contribution in [0.15, 0.2) is 30.3 Å². The lowest BCUT2D eigenvalue weighted by atomic mass is 10.2. The molecular weight excluding hydrogens is 228 g/mol. The molecule has 100 valence electrons. The molecule has 18 heavy (non-hydrogen) atoms. The summed E-state index contributed by atoms with van der Waals surface area (Å²) in [5.41, 5.74) is 1.01. The first-order valence-corrected chi connectivity index (χ1v) is 6.44. The van der Waals surface area contributed by atoms with Gasteiger partial charge in [0.05, 0.1) is 0 Å². The molecule has 0 aliphatic rings. The number of ether oxygens (including phenoxy) is 1. The highest BCUT2D eigenvalue weighted by Crippen LogP contribution is 2.02. The van der Waals surface area contributed by atoms with Gasteiger partial charge >= 0.3 is 6.09 Å². The van der Waals surface area contributed by atoms with Crippen LogP contribution in [0.5, 0.6) is 0 Å². The maximum atomic E-state index is 11.8. The molecule has 1 rings (SSSR count). The summed E-state index contributed by atoms with van der Waals surface area (Å²) < 4.78 is 5.27. The number of hydrogen-bond acceptors (Lipinski definition) is 3. The van der Waals surface area contributed by atoms with E-state index >= 15 is 0 Å². The smallest absolute Gasteiger partial charge is 0.410 e. The zero-order chi connectivity index (χ0) is 13.2. The Kier molecular flexibility index (Phi) is 6.87. The monoisotopic (exact) mass is 250 g/mol. The number of benzene rings is 1. The van der Waals surface area contributed by atoms with E-state index in [2.05, 4.69) is 5.32 Å². The predicted molar refractivity (Wildman–Crippen MR) is 72.4 cm³/mol. The predicted octanol–water partition coefficient (Wildman–Crippen LogP) is 2.25. The van der Waals surface area contributed by atoms with E-state index in [1.54, 1.807) is 4.90 Å². The van der Waals surface area contributed by atoms with Crippen LogP contribution in [0.25, 0.3) is 0 Å². The summed E-state index contributed by atoms with van der Waals surface area (Å²) in [4.78, 5) is 13.5. The molecule has 0 saturated carbocycles. The van der Waals surface area contributed by atoms with Crippen LogP contribution < -0.4 is 5.32 Å². The second-order valence-corrected chi connectivity index (χ2v) is 3.97. The Morgan fingerprint density at radius 2 is 2.00 bits per heavy atom. The highest BCUT2D eigenvalue weighted by Gasteiger charge is 2.12. The Labute approximate surface area is 109 Å². The first-order chi connectivity index (χ1) is 8.77. The number of likely N-dealkylation sites (N-methyl/N-ethyl adjacent to an activating group) is 2. The minimum absolute atomic E-state index is 0.251. The molecular formula is C14H22N2O2. The summed E-state index contributed by atoms with van der Waals surface area (Å²) in [6.45, 7) is 7.38. The Hall–Kier alpha value is -1.55. The van der Waals surface area contributed by atoms with Crippen molar-refractivity contribution in [2.75, 3.05) is 26.2 Å². The summed E-state index contributed by atoms with van der Waals surface area (Å²) in [7, 11) is 0. The molecule has 0 radical (unpaired) electrons. The van der Waals surface area contributed by atoms with E-state index in [-0.39, 0.29) is 6.09 Å². The quantitative estimate of drug-likeness (QED) is 0.755. The molecule has 1 aromatic rings. The van der Waals surface area contributed by atoms with E-state index in [1.807, 2.05) is 44.2 Å². The zero-order valence-corrected chi connectivity index (χ0v) is 11.2. The first-order valence-electron chi connectivity index (χ1n) is 6.44. The minimum atomic E-state index is -0.251. The third kappa shape index (κ3) is 5.19. The summed E-state index contributed by atoms with van der Waals surface area (Å²) in [5.74, 6) is 0. The van der Waals surface area contributed by atoms with Crippen LogP contribution in [0.1, 0.15) is 19.4 Å². The van der Waals surface area contributed by atoms with Crippen LogP contribution in [0.2, 0.25) is 0 Å². The van der Waals surface area contributed by atoms with Gasteiger partial charge in [-0.2, -0.15) is 0 Å². The second kappa shape index (κ2) is 8.53. The molecule has 4 nitrogen and oxygen atoms in total. The Balaban J connectivity index is 2.33. The average molecular weight is 250 g/mol. The fourth-order valence-corrected chi connectivity index (χ4v) is 1.58. The molecule has 0 fully saturated rings. The van der Waals surface area contributed by atoms with Crippen molar-refractivity contribution in [1.29, 1.82) is 0 Å². The molecule has 4 heteroatoms. The standard InChI is InChI=1S/C14H22N2O2/c1-3-15-10-11-16(4-2)14(17)18-12-13-8-6-5-7-9-13/h5-9,15H,3-4,10-12H2,1-2H3. The van der Waals surface area contributed by atoms with Crippen molar-refractivity contribution in [2.45, 2.75) is 20.5 Å². The number of carbonyl (C=O) groups is 1. The molecule has 0 bridgehead atoms. The summed E-state index contributed by atoms with van der Waals surface area (Å²) in [6, 6.07) is 9.71. The van der Waals surface area contributed by atoms with Gasteiger partial charge in [0.25, 0.3) is 0 Å². The molecule has 0 aliphatic carbocycles. The number of carbonyl (C=O) groups excluding carboxylic acids is 1. The highest BCUT2D eigenvalue weighted by atomic mass is 16.6. The van der Waals surface area contributed by atoms with Gasteiger partial charge in [0.1, 0.15) is 6.61 Å². The second-order valence-electron chi connectivity index (χ2n) is 3.97. The molecule has 0 saturated heterocycles. The van der Waals surface area contributed by atoms with Crippen LogP contribution in [0.3, 0.4) is 0 Å². The largest absolute Gasteiger partial charge is 0.445 e. The Morgan fingerprint density at radius 1 is 1.28 bits per heavy atom. The number of nitrogens with one attached hydrogen (secondary N) is 1. The van der Waals surface area contributed by atoms with E-state index in [9.17, 15) is 4.79 Å². The molecule has 0 heterocycles. The van der Waals surface area contributed by atoms with Gasteiger partial charge in [-0.1, -0.05) is 37.3 Å². The van der Waals surface area contributed by atoms with E-state index in [0.29, 0.717) is 19.7 Å². The van der Waals surface area contributed by atoms with Gasteiger partial charge in [0.2, 0.25) is 0 Å². The number of hydrogen-bond donors (Lipinski definition) is 1. The lowest BCUT2D eigenvalue weighted by molar-refractivity contribution is 0.0983. The van der Waals surface area contributed by atoms with Crippen LogP contribution >= 0.6 is 0 Å². The van der Waals surface area contributed by atoms with E-state index < -0.39 is 0 Å². The molecule has 0 spiro atoms. The van der Waals surface area contributed by atoms with Crippen molar-refractivity contribution in [1.82, 2.24) is 10.2 Å². The van der Waals surface area contributed by atoms with E-state index in [4.69, 9.17) is 4.74 Å². The maximum Gasteiger partial charge on any atom is 0.410 e. The van der Waals surface area contributed by atoms with Crippen molar-refractivity contribution in [3.05, 3.63) is 35.9 Å². The third-order valence-electron chi connectivity index (χ3n) is 2.65. The molecule has 1 N–H and O–H groups in total. The van der Waals surface area contributed by atoms with E-state index in [0.717, 1.165) is 18.7 Å². The number of amides is 1. The molecule has 0 atom stereocenters. The van der Waals surface area contributed by atoms with Crippen molar-refractivity contribution < 1.29 is 9.53 Å². The van der Waals surface area contributed by atoms with Gasteiger partial charge in [-0.05, 0) is 19.0 Å². The number of rotatable bonds is 7. The fraction of sp³-hybridized carbons (Fsp3) is 0.500. The lowest BCUT2D eigenvalue weighted by Crippen LogP contribution is -2.37. The van der Waals surface area contributed by atoms with Crippen molar-refractivity contribution >= 4 is 6.09 Å². The normalized spacial score (nSPS) is 10.1. The SMILES string of the molecule is CCNCCN(CC)C(=O)OCc1ccccc1. The van der Waals surface area contributed by atoms with Crippen LogP contribution in [-0.2, 0) is 11.3 Å². The molecule has 0 aromatic heterocycles. The van der Waals surface area contributed by atoms with Crippen molar-refractivity contribution in [3.8, 4) is 0 Å². The molecule has 1 aromatic carbocycles. The first kappa shape index (κ1) is 14.5. The van der Waals surface area contributed by atoms with Gasteiger partial charge in [0, 0.05) is 19.6 Å². The van der Waals surface area contributed by atoms with Gasteiger partial charge in [-0.25, -0.2) is 4.79 Å². The van der Waals surface area contributed by atoms with E-state index in [1.165, 1.54) is 0 Å². The maximum absolute atomic E-state index is 11.8. The fourth-order valence-electron chi connectivity index (χ4n) is 1.58. The summed E-state index contributed by atoms with van der Waals surface area (Å²) in [5, 5.41) is 3.19. The summed E-state index contributed by atoms with van der Waals surface area (Å²) >= 11 is 0. The van der Waals surface area contributed by atoms with Crippen LogP contribution in [-0.4, -0.2) is 37.2 Å². The Morgan fingerprint density at radius 3 is 2.61 bits per heavy atom. The van der Waals surface area contributed by atoms with Gasteiger partial charge in [0.15, 0.2) is 0 Å². The summed E-state index contributed by atoms with van der Waals surface area (Å²) in [6.07, 6.45) is -0.251. The molecule has 0 unspecified atom stereocenters. The lowest BCUT2D eigenvalue weighted by Gasteiger charge is -2.20. The van der Waals surface area contributed by atoms with Gasteiger partial charge in [-0.15, -0.1) is 0 Å². The average Bonchev–Trinajstić information content (AvgIpc) is 2.42. The number of nitrogens with zero attached hydrogens (tertiary/aromatic N) is 1. The minimum Gasteiger partial charge on any atom is -0.445 e. The third-order valence-corrected chi connectivity index (χ3v) is 2.65. The highest BCUT2D eigenvalue weighted by molar-refractivity contribution is 5.67. The molecule has 1 amide bonds. The van der Waals surface area contributed by atoms with Gasteiger partial charge in [-0.3, -0.25) is 0 Å². The topological polar surface area (TPSA) is 41.6 Å². The van der Waals surface area contributed by atoms with Crippen molar-refractivity contribution in [3.63, 3.8) is 0 Å². The van der Waals surface area contributed by atoms with Crippen LogP contribution in [0, 0.1) is 0 Å². The zero-order valence-electron chi connectivity index (χ0n) is 11.2. The van der Waals surface area contributed by atoms with Crippen LogP contribution in [0.4, 0.5) is 4.79 Å².